The molecule has 0 spiro atoms. The van der Waals surface area contributed by atoms with Crippen LogP contribution in [0.5, 0.6) is 0 Å². The maximum atomic E-state index is 12.7. The Morgan fingerprint density at radius 3 is 2.45 bits per heavy atom. The first-order valence-electron chi connectivity index (χ1n) is 8.76. The van der Waals surface area contributed by atoms with Crippen LogP contribution in [0.1, 0.15) is 20.8 Å². The summed E-state index contributed by atoms with van der Waals surface area (Å²) in [5.74, 6) is -0.974. The van der Waals surface area contributed by atoms with Crippen molar-refractivity contribution in [2.24, 2.45) is 11.5 Å². The standard InChI is InChI=1S/C16H18ClN5OS.C2H5NO2/c1-10-3-2-4-11(13(10)17)15(23)21-5-7-22(8-6-21)16-20-9-12(24-16)14(18)19;3-1-2(4)5/h2-4,9H,5-8H2,1H3,(H3,18,19);1,3H2,(H,4,5). The first-order chi connectivity index (χ1) is 13.7. The average Bonchev–Trinajstić information content (AvgIpc) is 3.21. The second-order valence-electron chi connectivity index (χ2n) is 6.23. The van der Waals surface area contributed by atoms with Gasteiger partial charge >= 0.3 is 5.97 Å². The van der Waals surface area contributed by atoms with E-state index in [0.717, 1.165) is 10.7 Å². The Morgan fingerprint density at radius 1 is 1.31 bits per heavy atom. The van der Waals surface area contributed by atoms with Crippen LogP contribution in [0.25, 0.3) is 0 Å². The van der Waals surface area contributed by atoms with E-state index in [-0.39, 0.29) is 18.3 Å². The molecule has 0 bridgehead atoms. The third-order valence-electron chi connectivity index (χ3n) is 4.19. The van der Waals surface area contributed by atoms with E-state index in [0.29, 0.717) is 41.6 Å². The fourth-order valence-corrected chi connectivity index (χ4v) is 3.66. The summed E-state index contributed by atoms with van der Waals surface area (Å²) in [4.78, 5) is 30.8. The SMILES string of the molecule is Cc1cccc(C(=O)N2CCN(c3ncc(C(=N)N)s3)CC2)c1Cl.NCC(=O)O. The first kappa shape index (κ1) is 22.6. The van der Waals surface area contributed by atoms with E-state index in [2.05, 4.69) is 15.6 Å². The summed E-state index contributed by atoms with van der Waals surface area (Å²) in [6, 6.07) is 5.51. The van der Waals surface area contributed by atoms with Crippen LogP contribution < -0.4 is 16.4 Å². The van der Waals surface area contributed by atoms with Gasteiger partial charge in [0.15, 0.2) is 5.13 Å². The molecule has 2 aromatic rings. The van der Waals surface area contributed by atoms with Crippen molar-refractivity contribution in [1.82, 2.24) is 9.88 Å². The van der Waals surface area contributed by atoms with E-state index in [1.165, 1.54) is 11.3 Å². The number of piperazine rings is 1. The number of hydrogen-bond donors (Lipinski definition) is 4. The molecular weight excluding hydrogens is 416 g/mol. The second kappa shape index (κ2) is 10.2. The third-order valence-corrected chi connectivity index (χ3v) is 5.79. The van der Waals surface area contributed by atoms with Gasteiger partial charge in [0, 0.05) is 26.2 Å². The van der Waals surface area contributed by atoms with E-state index < -0.39 is 5.97 Å². The summed E-state index contributed by atoms with van der Waals surface area (Å²) in [6.45, 7) is 4.22. The van der Waals surface area contributed by atoms with Crippen LogP contribution >= 0.6 is 22.9 Å². The number of rotatable bonds is 4. The molecule has 1 aliphatic rings. The van der Waals surface area contributed by atoms with Crippen molar-refractivity contribution in [3.05, 3.63) is 45.4 Å². The summed E-state index contributed by atoms with van der Waals surface area (Å²) in [6.07, 6.45) is 1.62. The van der Waals surface area contributed by atoms with Gasteiger partial charge in [-0.1, -0.05) is 35.1 Å². The number of aryl methyl sites for hydroxylation is 1. The van der Waals surface area contributed by atoms with Gasteiger partial charge in [-0.15, -0.1) is 0 Å². The van der Waals surface area contributed by atoms with Crippen LogP contribution in [0.2, 0.25) is 5.02 Å². The summed E-state index contributed by atoms with van der Waals surface area (Å²) in [5.41, 5.74) is 11.5. The second-order valence-corrected chi connectivity index (χ2v) is 7.62. The number of carbonyl (C=O) groups excluding carboxylic acids is 1. The maximum absolute atomic E-state index is 12.7. The zero-order chi connectivity index (χ0) is 21.6. The van der Waals surface area contributed by atoms with Crippen molar-refractivity contribution in [1.29, 1.82) is 5.41 Å². The van der Waals surface area contributed by atoms with Crippen molar-refractivity contribution in [3.8, 4) is 0 Å². The van der Waals surface area contributed by atoms with E-state index in [1.807, 2.05) is 24.0 Å². The Bertz CT molecular complexity index is 895. The molecule has 0 unspecified atom stereocenters. The molecule has 3 rings (SSSR count). The molecule has 1 aromatic heterocycles. The van der Waals surface area contributed by atoms with Gasteiger partial charge in [-0.25, -0.2) is 4.98 Å². The van der Waals surface area contributed by atoms with Gasteiger partial charge in [0.25, 0.3) is 5.91 Å². The fourth-order valence-electron chi connectivity index (χ4n) is 2.62. The molecule has 6 N–H and O–H groups in total. The lowest BCUT2D eigenvalue weighted by Gasteiger charge is -2.34. The molecular formula is C18H23ClN6O3S. The highest BCUT2D eigenvalue weighted by molar-refractivity contribution is 7.17. The van der Waals surface area contributed by atoms with E-state index in [9.17, 15) is 9.59 Å². The van der Waals surface area contributed by atoms with Crippen LogP contribution in [-0.2, 0) is 4.79 Å². The number of halogens is 1. The Hall–Kier alpha value is -2.69. The molecule has 0 aliphatic carbocycles. The predicted octanol–water partition coefficient (Wildman–Crippen LogP) is 1.38. The number of benzene rings is 1. The highest BCUT2D eigenvalue weighted by atomic mass is 35.5. The fraction of sp³-hybridized carbons (Fsp3) is 0.333. The predicted molar refractivity (Wildman–Crippen MR) is 114 cm³/mol. The number of amidine groups is 1. The summed E-state index contributed by atoms with van der Waals surface area (Å²) < 4.78 is 0. The molecule has 0 radical (unpaired) electrons. The molecule has 0 saturated carbocycles. The number of aliphatic carboxylic acids is 1. The lowest BCUT2D eigenvalue weighted by atomic mass is 10.1. The number of carboxylic acids is 1. The third kappa shape index (κ3) is 5.89. The maximum Gasteiger partial charge on any atom is 0.317 e. The van der Waals surface area contributed by atoms with E-state index in [4.69, 9.17) is 27.9 Å². The smallest absolute Gasteiger partial charge is 0.317 e. The zero-order valence-electron chi connectivity index (χ0n) is 15.9. The van der Waals surface area contributed by atoms with Gasteiger partial charge in [0.2, 0.25) is 0 Å². The first-order valence-corrected chi connectivity index (χ1v) is 9.95. The number of nitrogen functional groups attached to an aromatic ring is 1. The largest absolute Gasteiger partial charge is 0.480 e. The van der Waals surface area contributed by atoms with Crippen LogP contribution in [-0.4, -0.2) is 65.4 Å². The highest BCUT2D eigenvalue weighted by Crippen LogP contribution is 2.25. The normalized spacial score (nSPS) is 13.5. The molecule has 1 fully saturated rings. The van der Waals surface area contributed by atoms with Gasteiger partial charge in [-0.2, -0.15) is 0 Å². The minimum atomic E-state index is -0.968. The number of anilines is 1. The summed E-state index contributed by atoms with van der Waals surface area (Å²) in [5, 5.41) is 16.4. The van der Waals surface area contributed by atoms with Crippen molar-refractivity contribution >= 4 is 45.8 Å². The van der Waals surface area contributed by atoms with Gasteiger partial charge in [0.05, 0.1) is 28.2 Å². The quantitative estimate of drug-likeness (QED) is 0.416. The molecule has 29 heavy (non-hydrogen) atoms. The average molecular weight is 439 g/mol. The zero-order valence-corrected chi connectivity index (χ0v) is 17.5. The molecule has 1 amide bonds. The number of aromatic nitrogens is 1. The van der Waals surface area contributed by atoms with Crippen molar-refractivity contribution in [2.45, 2.75) is 6.92 Å². The number of nitrogens with two attached hydrogens (primary N) is 2. The van der Waals surface area contributed by atoms with Crippen LogP contribution in [0.15, 0.2) is 24.4 Å². The molecule has 2 heterocycles. The summed E-state index contributed by atoms with van der Waals surface area (Å²) in [7, 11) is 0. The van der Waals surface area contributed by atoms with Crippen molar-refractivity contribution < 1.29 is 14.7 Å². The highest BCUT2D eigenvalue weighted by Gasteiger charge is 2.25. The molecule has 1 aromatic carbocycles. The van der Waals surface area contributed by atoms with E-state index >= 15 is 0 Å². The number of carboxylic acid groups (broad SMARTS) is 1. The topological polar surface area (TPSA) is 150 Å². The number of thiazole rings is 1. The van der Waals surface area contributed by atoms with Gasteiger partial charge in [0.1, 0.15) is 5.84 Å². The van der Waals surface area contributed by atoms with Gasteiger partial charge in [-0.3, -0.25) is 15.0 Å². The molecule has 156 valence electrons. The minimum absolute atomic E-state index is 0.0293. The summed E-state index contributed by atoms with van der Waals surface area (Å²) >= 11 is 7.66. The lowest BCUT2D eigenvalue weighted by Crippen LogP contribution is -2.48. The Balaban J connectivity index is 0.000000537. The van der Waals surface area contributed by atoms with Crippen molar-refractivity contribution in [3.63, 3.8) is 0 Å². The number of hydrogen-bond acceptors (Lipinski definition) is 7. The van der Waals surface area contributed by atoms with Crippen LogP contribution in [0.4, 0.5) is 5.13 Å². The number of nitrogens with one attached hydrogen (secondary N) is 1. The van der Waals surface area contributed by atoms with E-state index in [1.54, 1.807) is 12.3 Å². The number of nitrogens with zero attached hydrogens (tertiary/aromatic N) is 3. The molecule has 1 saturated heterocycles. The molecule has 11 heteroatoms. The van der Waals surface area contributed by atoms with Crippen molar-refractivity contribution in [2.75, 3.05) is 37.6 Å². The Morgan fingerprint density at radius 2 is 1.93 bits per heavy atom. The van der Waals surface area contributed by atoms with Crippen LogP contribution in [0, 0.1) is 12.3 Å². The monoisotopic (exact) mass is 438 g/mol. The Kier molecular flexibility index (Phi) is 7.94. The number of carbonyl (C=O) groups is 2. The minimum Gasteiger partial charge on any atom is -0.480 e. The van der Waals surface area contributed by atoms with Crippen LogP contribution in [0.3, 0.4) is 0 Å². The number of amides is 1. The molecule has 1 aliphatic heterocycles. The molecule has 0 atom stereocenters. The van der Waals surface area contributed by atoms with Gasteiger partial charge in [-0.05, 0) is 18.6 Å². The lowest BCUT2D eigenvalue weighted by molar-refractivity contribution is -0.135. The Labute approximate surface area is 177 Å². The molecule has 9 nitrogen and oxygen atoms in total. The van der Waals surface area contributed by atoms with Gasteiger partial charge < -0.3 is 26.4 Å².